The topological polar surface area (TPSA) is 89.7 Å². The summed E-state index contributed by atoms with van der Waals surface area (Å²) in [5.41, 5.74) is 0.482. The minimum atomic E-state index is -1.09. The van der Waals surface area contributed by atoms with E-state index in [0.29, 0.717) is 11.3 Å². The standard InChI is InChI=1S/C10H11NO5/c1-6-5-8(11(14)15)3-4-9(6)16-7(2)10(12)13/h3-5,7H,1-2H3,(H,12,13)/t7-/m0/s1. The number of nitro groups is 1. The summed E-state index contributed by atoms with van der Waals surface area (Å²) in [5, 5.41) is 19.1. The fourth-order valence-corrected chi connectivity index (χ4v) is 1.12. The van der Waals surface area contributed by atoms with Crippen LogP contribution in [0.15, 0.2) is 18.2 Å². The first kappa shape index (κ1) is 12.0. The van der Waals surface area contributed by atoms with Gasteiger partial charge in [0.1, 0.15) is 5.75 Å². The van der Waals surface area contributed by atoms with Gasteiger partial charge in [-0.25, -0.2) is 4.79 Å². The molecule has 0 aliphatic heterocycles. The van der Waals surface area contributed by atoms with Crippen molar-refractivity contribution in [3.63, 3.8) is 0 Å². The van der Waals surface area contributed by atoms with Crippen LogP contribution in [0.4, 0.5) is 5.69 Å². The summed E-state index contributed by atoms with van der Waals surface area (Å²) in [6, 6.07) is 4.01. The third-order valence-electron chi connectivity index (χ3n) is 2.02. The summed E-state index contributed by atoms with van der Waals surface area (Å²) in [6.45, 7) is 3.01. The molecule has 16 heavy (non-hydrogen) atoms. The molecule has 0 fully saturated rings. The van der Waals surface area contributed by atoms with E-state index < -0.39 is 17.0 Å². The fraction of sp³-hybridized carbons (Fsp3) is 0.300. The van der Waals surface area contributed by atoms with Crippen LogP contribution in [0.5, 0.6) is 5.75 Å². The number of aliphatic carboxylic acids is 1. The molecule has 1 rings (SSSR count). The second kappa shape index (κ2) is 4.61. The van der Waals surface area contributed by atoms with Gasteiger partial charge in [0.05, 0.1) is 4.92 Å². The van der Waals surface area contributed by atoms with Crippen LogP contribution in [0.1, 0.15) is 12.5 Å². The molecule has 0 radical (unpaired) electrons. The highest BCUT2D eigenvalue weighted by molar-refractivity contribution is 5.72. The van der Waals surface area contributed by atoms with Gasteiger partial charge in [0.2, 0.25) is 0 Å². The Balaban J connectivity index is 2.91. The Morgan fingerprint density at radius 2 is 2.19 bits per heavy atom. The van der Waals surface area contributed by atoms with Crippen LogP contribution in [0, 0.1) is 17.0 Å². The van der Waals surface area contributed by atoms with E-state index in [1.165, 1.54) is 25.1 Å². The average molecular weight is 225 g/mol. The first-order valence-corrected chi connectivity index (χ1v) is 4.56. The molecular weight excluding hydrogens is 214 g/mol. The zero-order chi connectivity index (χ0) is 12.3. The monoisotopic (exact) mass is 225 g/mol. The van der Waals surface area contributed by atoms with Crippen molar-refractivity contribution >= 4 is 11.7 Å². The van der Waals surface area contributed by atoms with Crippen molar-refractivity contribution in [3.8, 4) is 5.75 Å². The van der Waals surface area contributed by atoms with E-state index in [9.17, 15) is 14.9 Å². The molecule has 1 aromatic carbocycles. The van der Waals surface area contributed by atoms with Gasteiger partial charge in [0, 0.05) is 12.1 Å². The van der Waals surface area contributed by atoms with Gasteiger partial charge in [-0.1, -0.05) is 0 Å². The minimum absolute atomic E-state index is 0.0483. The molecule has 0 saturated heterocycles. The summed E-state index contributed by atoms with van der Waals surface area (Å²) < 4.78 is 5.12. The molecule has 0 aliphatic rings. The van der Waals surface area contributed by atoms with E-state index in [1.54, 1.807) is 6.92 Å². The van der Waals surface area contributed by atoms with Crippen molar-refractivity contribution in [2.75, 3.05) is 0 Å². The second-order valence-corrected chi connectivity index (χ2v) is 3.31. The smallest absolute Gasteiger partial charge is 0.344 e. The number of hydrogen-bond acceptors (Lipinski definition) is 4. The summed E-state index contributed by atoms with van der Waals surface area (Å²) in [5.74, 6) is -0.752. The number of nitro benzene ring substituents is 1. The first-order chi connectivity index (χ1) is 7.41. The molecule has 0 aliphatic carbocycles. The van der Waals surface area contributed by atoms with Crippen molar-refractivity contribution < 1.29 is 19.6 Å². The molecule has 6 heteroatoms. The molecule has 1 aromatic rings. The molecule has 0 saturated carbocycles. The third-order valence-corrected chi connectivity index (χ3v) is 2.02. The molecule has 0 amide bonds. The number of aryl methyl sites for hydroxylation is 1. The lowest BCUT2D eigenvalue weighted by Gasteiger charge is -2.12. The highest BCUT2D eigenvalue weighted by Gasteiger charge is 2.15. The van der Waals surface area contributed by atoms with Crippen molar-refractivity contribution in [1.82, 2.24) is 0 Å². The molecule has 1 N–H and O–H groups in total. The lowest BCUT2D eigenvalue weighted by atomic mass is 10.2. The van der Waals surface area contributed by atoms with E-state index in [4.69, 9.17) is 9.84 Å². The van der Waals surface area contributed by atoms with Gasteiger partial charge in [-0.05, 0) is 25.5 Å². The molecule has 86 valence electrons. The van der Waals surface area contributed by atoms with Gasteiger partial charge in [0.25, 0.3) is 5.69 Å². The van der Waals surface area contributed by atoms with Crippen molar-refractivity contribution in [2.24, 2.45) is 0 Å². The Hall–Kier alpha value is -2.11. The van der Waals surface area contributed by atoms with Crippen molar-refractivity contribution in [1.29, 1.82) is 0 Å². The number of non-ortho nitro benzene ring substituents is 1. The van der Waals surface area contributed by atoms with E-state index in [-0.39, 0.29) is 5.69 Å². The number of rotatable bonds is 4. The van der Waals surface area contributed by atoms with E-state index in [2.05, 4.69) is 0 Å². The van der Waals surface area contributed by atoms with Crippen molar-refractivity contribution in [2.45, 2.75) is 20.0 Å². The normalized spacial score (nSPS) is 11.9. The zero-order valence-electron chi connectivity index (χ0n) is 8.84. The SMILES string of the molecule is Cc1cc([N+](=O)[O-])ccc1O[C@@H](C)C(=O)O. The molecule has 0 unspecified atom stereocenters. The van der Waals surface area contributed by atoms with Crippen molar-refractivity contribution in [3.05, 3.63) is 33.9 Å². The summed E-state index contributed by atoms with van der Waals surface area (Å²) in [7, 11) is 0. The molecule has 0 aromatic heterocycles. The molecule has 0 heterocycles. The second-order valence-electron chi connectivity index (χ2n) is 3.31. The lowest BCUT2D eigenvalue weighted by Crippen LogP contribution is -2.23. The summed E-state index contributed by atoms with van der Waals surface area (Å²) in [6.07, 6.45) is -0.986. The van der Waals surface area contributed by atoms with Gasteiger partial charge in [-0.2, -0.15) is 0 Å². The van der Waals surface area contributed by atoms with Gasteiger partial charge >= 0.3 is 5.97 Å². The van der Waals surface area contributed by atoms with Gasteiger partial charge in [0.15, 0.2) is 6.10 Å². The number of carbonyl (C=O) groups is 1. The van der Waals surface area contributed by atoms with Gasteiger partial charge < -0.3 is 9.84 Å². The number of carboxylic acid groups (broad SMARTS) is 1. The number of hydrogen-bond donors (Lipinski definition) is 1. The molecule has 6 nitrogen and oxygen atoms in total. The Bertz CT molecular complexity index is 429. The number of benzene rings is 1. The summed E-state index contributed by atoms with van der Waals surface area (Å²) in [4.78, 5) is 20.5. The highest BCUT2D eigenvalue weighted by Crippen LogP contribution is 2.24. The molecular formula is C10H11NO5. The fourth-order valence-electron chi connectivity index (χ4n) is 1.12. The van der Waals surface area contributed by atoms with E-state index in [0.717, 1.165) is 0 Å². The maximum absolute atomic E-state index is 10.6. The van der Waals surface area contributed by atoms with E-state index in [1.807, 2.05) is 0 Å². The van der Waals surface area contributed by atoms with Crippen LogP contribution in [0.25, 0.3) is 0 Å². The lowest BCUT2D eigenvalue weighted by molar-refractivity contribution is -0.384. The number of carboxylic acids is 1. The predicted octanol–water partition coefficient (Wildman–Crippen LogP) is 1.76. The van der Waals surface area contributed by atoms with Crippen LogP contribution >= 0.6 is 0 Å². The minimum Gasteiger partial charge on any atom is -0.479 e. The van der Waals surface area contributed by atoms with Crippen LogP contribution in [-0.4, -0.2) is 22.1 Å². The number of ether oxygens (including phenoxy) is 1. The largest absolute Gasteiger partial charge is 0.479 e. The Morgan fingerprint density at radius 1 is 1.56 bits per heavy atom. The predicted molar refractivity (Wildman–Crippen MR) is 55.6 cm³/mol. The van der Waals surface area contributed by atoms with Crippen LogP contribution in [0.2, 0.25) is 0 Å². The Labute approximate surface area is 91.6 Å². The maximum Gasteiger partial charge on any atom is 0.344 e. The van der Waals surface area contributed by atoms with Gasteiger partial charge in [-0.3, -0.25) is 10.1 Å². The van der Waals surface area contributed by atoms with Gasteiger partial charge in [-0.15, -0.1) is 0 Å². The van der Waals surface area contributed by atoms with Crippen LogP contribution < -0.4 is 4.74 Å². The third kappa shape index (κ3) is 2.69. The molecule has 0 spiro atoms. The van der Waals surface area contributed by atoms with Crippen LogP contribution in [-0.2, 0) is 4.79 Å². The maximum atomic E-state index is 10.6. The number of nitrogens with zero attached hydrogens (tertiary/aromatic N) is 1. The van der Waals surface area contributed by atoms with Crippen LogP contribution in [0.3, 0.4) is 0 Å². The quantitative estimate of drug-likeness (QED) is 0.622. The Kier molecular flexibility index (Phi) is 3.44. The zero-order valence-corrected chi connectivity index (χ0v) is 8.84. The highest BCUT2D eigenvalue weighted by atomic mass is 16.6. The molecule has 1 atom stereocenters. The first-order valence-electron chi connectivity index (χ1n) is 4.56. The average Bonchev–Trinajstić information content (AvgIpc) is 2.20. The summed E-state index contributed by atoms with van der Waals surface area (Å²) >= 11 is 0. The Morgan fingerprint density at radius 3 is 2.62 bits per heavy atom. The molecule has 0 bridgehead atoms. The van der Waals surface area contributed by atoms with E-state index >= 15 is 0 Å².